The summed E-state index contributed by atoms with van der Waals surface area (Å²) in [4.78, 5) is 24.3. The van der Waals surface area contributed by atoms with Crippen LogP contribution < -0.4 is 5.32 Å². The summed E-state index contributed by atoms with van der Waals surface area (Å²) in [6.07, 6.45) is -1.04. The number of carbonyl (C=O) groups is 2. The van der Waals surface area contributed by atoms with E-state index >= 15 is 0 Å². The standard InChI is InChI=1S/C16H15ClN4O3/c1-9-13(14(17)21(3)20-9)16(23)24-10(2)15(22)19-12-6-4-5-11(7-12)8-18/h4-7,10H,1-3H3,(H,19,22). The van der Waals surface area contributed by atoms with Gasteiger partial charge in [0.05, 0.1) is 17.3 Å². The molecule has 0 saturated carbocycles. The van der Waals surface area contributed by atoms with Crippen LogP contribution in [0.3, 0.4) is 0 Å². The molecule has 0 aliphatic rings. The van der Waals surface area contributed by atoms with Crippen molar-refractivity contribution in [3.05, 3.63) is 46.2 Å². The van der Waals surface area contributed by atoms with Crippen LogP contribution in [0.4, 0.5) is 5.69 Å². The molecule has 1 aromatic carbocycles. The van der Waals surface area contributed by atoms with E-state index in [2.05, 4.69) is 10.4 Å². The Bertz CT molecular complexity index is 838. The number of nitriles is 1. The first-order chi connectivity index (χ1) is 11.3. The van der Waals surface area contributed by atoms with Crippen molar-refractivity contribution in [1.29, 1.82) is 5.26 Å². The summed E-state index contributed by atoms with van der Waals surface area (Å²) in [6, 6.07) is 8.39. The normalized spacial score (nSPS) is 11.5. The average molecular weight is 347 g/mol. The monoisotopic (exact) mass is 346 g/mol. The number of rotatable bonds is 4. The van der Waals surface area contributed by atoms with Gasteiger partial charge in [-0.25, -0.2) is 4.79 Å². The van der Waals surface area contributed by atoms with Gasteiger partial charge in [-0.1, -0.05) is 17.7 Å². The van der Waals surface area contributed by atoms with E-state index in [0.717, 1.165) is 0 Å². The fraction of sp³-hybridized carbons (Fsp3) is 0.250. The third kappa shape index (κ3) is 3.73. The van der Waals surface area contributed by atoms with E-state index in [1.807, 2.05) is 6.07 Å². The molecule has 1 unspecified atom stereocenters. The van der Waals surface area contributed by atoms with Crippen LogP contribution in [-0.4, -0.2) is 27.8 Å². The molecule has 0 radical (unpaired) electrons. The molecule has 8 heteroatoms. The van der Waals surface area contributed by atoms with Gasteiger partial charge in [0, 0.05) is 12.7 Å². The highest BCUT2D eigenvalue weighted by Crippen LogP contribution is 2.20. The third-order valence-electron chi connectivity index (χ3n) is 3.27. The molecule has 1 aromatic heterocycles. The summed E-state index contributed by atoms with van der Waals surface area (Å²) in [5.41, 5.74) is 1.40. The van der Waals surface area contributed by atoms with Crippen molar-refractivity contribution in [1.82, 2.24) is 9.78 Å². The minimum Gasteiger partial charge on any atom is -0.449 e. The Hall–Kier alpha value is -2.85. The quantitative estimate of drug-likeness (QED) is 0.857. The number of amides is 1. The number of ether oxygens (including phenoxy) is 1. The molecule has 0 fully saturated rings. The van der Waals surface area contributed by atoms with Gasteiger partial charge < -0.3 is 10.1 Å². The molecule has 1 N–H and O–H groups in total. The number of carbonyl (C=O) groups excluding carboxylic acids is 2. The molecule has 1 amide bonds. The number of hydrogen-bond acceptors (Lipinski definition) is 5. The Labute approximate surface area is 143 Å². The molecule has 0 bridgehead atoms. The second-order valence-corrected chi connectivity index (χ2v) is 5.46. The summed E-state index contributed by atoms with van der Waals surface area (Å²) in [5, 5.41) is 15.6. The van der Waals surface area contributed by atoms with Crippen LogP contribution >= 0.6 is 11.6 Å². The van der Waals surface area contributed by atoms with Gasteiger partial charge in [-0.05, 0) is 32.0 Å². The second kappa shape index (κ2) is 7.15. The summed E-state index contributed by atoms with van der Waals surface area (Å²) >= 11 is 6.00. The zero-order valence-electron chi connectivity index (χ0n) is 13.3. The van der Waals surface area contributed by atoms with Crippen molar-refractivity contribution < 1.29 is 14.3 Å². The predicted molar refractivity (Wildman–Crippen MR) is 87.6 cm³/mol. The van der Waals surface area contributed by atoms with Crippen LogP contribution in [0.2, 0.25) is 5.15 Å². The van der Waals surface area contributed by atoms with E-state index in [9.17, 15) is 9.59 Å². The lowest BCUT2D eigenvalue weighted by atomic mass is 10.2. The fourth-order valence-corrected chi connectivity index (χ4v) is 2.30. The molecule has 1 heterocycles. The molecule has 124 valence electrons. The highest BCUT2D eigenvalue weighted by Gasteiger charge is 2.25. The zero-order chi connectivity index (χ0) is 17.9. The van der Waals surface area contributed by atoms with Gasteiger partial charge in [0.15, 0.2) is 6.10 Å². The molecule has 1 atom stereocenters. The number of benzene rings is 1. The molecule has 2 rings (SSSR count). The number of aryl methyl sites for hydroxylation is 2. The lowest BCUT2D eigenvalue weighted by molar-refractivity contribution is -0.123. The van der Waals surface area contributed by atoms with Crippen molar-refractivity contribution in [3.63, 3.8) is 0 Å². The van der Waals surface area contributed by atoms with E-state index in [-0.39, 0.29) is 10.7 Å². The van der Waals surface area contributed by atoms with Crippen LogP contribution in [0.15, 0.2) is 24.3 Å². The summed E-state index contributed by atoms with van der Waals surface area (Å²) in [6.45, 7) is 3.07. The lowest BCUT2D eigenvalue weighted by Crippen LogP contribution is -2.30. The van der Waals surface area contributed by atoms with E-state index < -0.39 is 18.0 Å². The summed E-state index contributed by atoms with van der Waals surface area (Å²) < 4.78 is 6.50. The van der Waals surface area contributed by atoms with Crippen molar-refractivity contribution >= 4 is 29.2 Å². The molecular weight excluding hydrogens is 332 g/mol. The maximum Gasteiger partial charge on any atom is 0.343 e. The Kier molecular flexibility index (Phi) is 5.21. The van der Waals surface area contributed by atoms with Crippen LogP contribution in [0.25, 0.3) is 0 Å². The Morgan fingerprint density at radius 1 is 1.46 bits per heavy atom. The van der Waals surface area contributed by atoms with Crippen LogP contribution in [0, 0.1) is 18.3 Å². The third-order valence-corrected chi connectivity index (χ3v) is 3.70. The van der Waals surface area contributed by atoms with Gasteiger partial charge in [0.1, 0.15) is 10.7 Å². The smallest absolute Gasteiger partial charge is 0.343 e. The van der Waals surface area contributed by atoms with Gasteiger partial charge in [-0.2, -0.15) is 10.4 Å². The van der Waals surface area contributed by atoms with Gasteiger partial charge in [0.2, 0.25) is 0 Å². The van der Waals surface area contributed by atoms with Gasteiger partial charge >= 0.3 is 5.97 Å². The molecule has 0 aliphatic carbocycles. The first-order valence-electron chi connectivity index (χ1n) is 7.04. The van der Waals surface area contributed by atoms with E-state index in [4.69, 9.17) is 21.6 Å². The number of nitrogens with one attached hydrogen (secondary N) is 1. The molecule has 0 saturated heterocycles. The number of aromatic nitrogens is 2. The largest absolute Gasteiger partial charge is 0.449 e. The van der Waals surface area contributed by atoms with Crippen molar-refractivity contribution in [2.75, 3.05) is 5.32 Å². The van der Waals surface area contributed by atoms with E-state index in [0.29, 0.717) is 16.9 Å². The zero-order valence-corrected chi connectivity index (χ0v) is 14.1. The number of hydrogen-bond donors (Lipinski definition) is 1. The van der Waals surface area contributed by atoms with Crippen molar-refractivity contribution in [2.45, 2.75) is 20.0 Å². The van der Waals surface area contributed by atoms with E-state index in [1.165, 1.54) is 17.7 Å². The predicted octanol–water partition coefficient (Wildman–Crippen LogP) is 2.44. The number of nitrogens with zero attached hydrogens (tertiary/aromatic N) is 3. The van der Waals surface area contributed by atoms with Crippen LogP contribution in [-0.2, 0) is 16.6 Å². The highest BCUT2D eigenvalue weighted by molar-refractivity contribution is 6.32. The Morgan fingerprint density at radius 3 is 2.75 bits per heavy atom. The maximum atomic E-state index is 12.2. The average Bonchev–Trinajstić information content (AvgIpc) is 2.80. The first kappa shape index (κ1) is 17.5. The van der Waals surface area contributed by atoms with Crippen LogP contribution in [0.1, 0.15) is 28.5 Å². The Balaban J connectivity index is 2.06. The van der Waals surface area contributed by atoms with E-state index in [1.54, 1.807) is 32.2 Å². The van der Waals surface area contributed by atoms with Crippen molar-refractivity contribution in [2.24, 2.45) is 7.05 Å². The summed E-state index contributed by atoms with van der Waals surface area (Å²) in [5.74, 6) is -1.24. The molecule has 0 spiro atoms. The number of esters is 1. The first-order valence-corrected chi connectivity index (χ1v) is 7.42. The van der Waals surface area contributed by atoms with Crippen molar-refractivity contribution in [3.8, 4) is 6.07 Å². The number of anilines is 1. The highest BCUT2D eigenvalue weighted by atomic mass is 35.5. The van der Waals surface area contributed by atoms with Crippen LogP contribution in [0.5, 0.6) is 0 Å². The fourth-order valence-electron chi connectivity index (χ4n) is 2.05. The lowest BCUT2D eigenvalue weighted by Gasteiger charge is -2.13. The van der Waals surface area contributed by atoms with Gasteiger partial charge in [-0.15, -0.1) is 0 Å². The molecule has 0 aliphatic heterocycles. The Morgan fingerprint density at radius 2 is 2.17 bits per heavy atom. The SMILES string of the molecule is Cc1nn(C)c(Cl)c1C(=O)OC(C)C(=O)Nc1cccc(C#N)c1. The summed E-state index contributed by atoms with van der Waals surface area (Å²) in [7, 11) is 1.60. The van der Waals surface area contributed by atoms with Gasteiger partial charge in [0.25, 0.3) is 5.91 Å². The minimum absolute atomic E-state index is 0.130. The minimum atomic E-state index is -1.04. The molecule has 24 heavy (non-hydrogen) atoms. The molecule has 7 nitrogen and oxygen atoms in total. The molecular formula is C16H15ClN4O3. The number of halogens is 1. The van der Waals surface area contributed by atoms with Gasteiger partial charge in [-0.3, -0.25) is 9.48 Å². The topological polar surface area (TPSA) is 97.0 Å². The maximum absolute atomic E-state index is 12.2. The second-order valence-electron chi connectivity index (χ2n) is 5.10. The molecule has 2 aromatic rings.